The van der Waals surface area contributed by atoms with Gasteiger partial charge in [-0.1, -0.05) is 0 Å². The van der Waals surface area contributed by atoms with Crippen LogP contribution in [0.25, 0.3) is 5.65 Å². The van der Waals surface area contributed by atoms with Crippen molar-refractivity contribution < 1.29 is 14.2 Å². The Bertz CT molecular complexity index is 784. The fourth-order valence-electron chi connectivity index (χ4n) is 2.78. The van der Waals surface area contributed by atoms with Crippen molar-refractivity contribution in [3.8, 4) is 6.07 Å². The number of aliphatic hydroxyl groups is 1. The minimum Gasteiger partial charge on any atom is -0.394 e. The second-order valence-corrected chi connectivity index (χ2v) is 5.35. The van der Waals surface area contributed by atoms with E-state index in [1.165, 1.54) is 13.1 Å². The van der Waals surface area contributed by atoms with Crippen LogP contribution in [0.4, 0.5) is 16.2 Å². The van der Waals surface area contributed by atoms with Gasteiger partial charge in [-0.2, -0.15) is 10.2 Å². The number of imidazole rings is 1. The summed E-state index contributed by atoms with van der Waals surface area (Å²) >= 11 is 0. The molecule has 1 aliphatic heterocycles. The van der Waals surface area contributed by atoms with Gasteiger partial charge in [0.2, 0.25) is 11.5 Å². The van der Waals surface area contributed by atoms with Crippen molar-refractivity contribution in [2.45, 2.75) is 30.7 Å². The second-order valence-electron chi connectivity index (χ2n) is 5.35. The van der Waals surface area contributed by atoms with Crippen molar-refractivity contribution in [3.63, 3.8) is 0 Å². The molecule has 1 saturated heterocycles. The summed E-state index contributed by atoms with van der Waals surface area (Å²) in [6.45, 7) is 0.831. The molecule has 1 fully saturated rings. The molecule has 0 aromatic carbocycles. The van der Waals surface area contributed by atoms with Gasteiger partial charge in [-0.3, -0.25) is 0 Å². The van der Waals surface area contributed by atoms with Crippen LogP contribution in [0.5, 0.6) is 0 Å². The molecule has 3 atom stereocenters. The topological polar surface area (TPSA) is 148 Å². The molecule has 0 aliphatic carbocycles. The zero-order valence-corrected chi connectivity index (χ0v) is 11.7. The first-order chi connectivity index (χ1) is 10.3. The Hall–Kier alpha value is -2.51. The maximum absolute atomic E-state index is 15.1. The van der Waals surface area contributed by atoms with Crippen LogP contribution in [0.1, 0.15) is 19.0 Å². The van der Waals surface area contributed by atoms with E-state index in [1.807, 2.05) is 6.07 Å². The molecule has 3 rings (SSSR count). The molecule has 0 saturated carbocycles. The lowest BCUT2D eigenvalue weighted by Crippen LogP contribution is -2.43. The van der Waals surface area contributed by atoms with E-state index in [2.05, 4.69) is 15.1 Å². The summed E-state index contributed by atoms with van der Waals surface area (Å²) in [5.74, 6) is -0.140. The van der Waals surface area contributed by atoms with E-state index in [9.17, 15) is 10.4 Å². The fraction of sp³-hybridized carbons (Fsp3) is 0.500. The summed E-state index contributed by atoms with van der Waals surface area (Å²) in [6.07, 6.45) is 0.303. The Morgan fingerprint density at radius 3 is 2.95 bits per heavy atom. The van der Waals surface area contributed by atoms with E-state index in [0.29, 0.717) is 0 Å². The van der Waals surface area contributed by atoms with Crippen LogP contribution in [0, 0.1) is 11.3 Å². The number of alkyl halides is 1. The molecule has 2 aromatic rings. The van der Waals surface area contributed by atoms with Crippen molar-refractivity contribution in [2.75, 3.05) is 18.1 Å². The van der Waals surface area contributed by atoms with Gasteiger partial charge in [-0.15, -0.1) is 5.10 Å². The Balaban J connectivity index is 2.27. The van der Waals surface area contributed by atoms with Gasteiger partial charge in [0.25, 0.3) is 0 Å². The molecule has 0 unspecified atom stereocenters. The van der Waals surface area contributed by atoms with Gasteiger partial charge in [0, 0.05) is 6.42 Å². The average molecular weight is 307 g/mol. The number of hydrogen-bond donors (Lipinski definition) is 3. The quantitative estimate of drug-likeness (QED) is 0.673. The molecule has 2 aromatic heterocycles. The number of nitriles is 1. The number of rotatable bonds is 2. The highest BCUT2D eigenvalue weighted by Crippen LogP contribution is 2.49. The van der Waals surface area contributed by atoms with Gasteiger partial charge in [0.05, 0.1) is 18.9 Å². The van der Waals surface area contributed by atoms with Crippen molar-refractivity contribution in [1.82, 2.24) is 19.6 Å². The Morgan fingerprint density at radius 2 is 2.36 bits per heavy atom. The molecular weight excluding hydrogens is 293 g/mol. The first kappa shape index (κ1) is 14.4. The van der Waals surface area contributed by atoms with Crippen molar-refractivity contribution in [1.29, 1.82) is 5.26 Å². The lowest BCUT2D eigenvalue weighted by molar-refractivity contribution is -0.0719. The van der Waals surface area contributed by atoms with Crippen LogP contribution in [0.3, 0.4) is 0 Å². The van der Waals surface area contributed by atoms with Crippen LogP contribution in [-0.2, 0) is 10.3 Å². The molecule has 0 amide bonds. The van der Waals surface area contributed by atoms with E-state index < -0.39 is 24.0 Å². The van der Waals surface area contributed by atoms with Gasteiger partial charge in [0.1, 0.15) is 11.8 Å². The number of nitrogens with two attached hydrogens (primary N) is 2. The number of anilines is 2. The summed E-state index contributed by atoms with van der Waals surface area (Å²) < 4.78 is 21.7. The van der Waals surface area contributed by atoms with E-state index >= 15 is 4.39 Å². The van der Waals surface area contributed by atoms with Crippen molar-refractivity contribution in [3.05, 3.63) is 11.9 Å². The Morgan fingerprint density at radius 1 is 1.64 bits per heavy atom. The molecule has 1 aliphatic rings. The highest BCUT2D eigenvalue weighted by molar-refractivity contribution is 5.61. The van der Waals surface area contributed by atoms with Crippen molar-refractivity contribution in [2.24, 2.45) is 0 Å². The number of aliphatic hydroxyl groups excluding tert-OH is 1. The Labute approximate surface area is 124 Å². The highest BCUT2D eigenvalue weighted by Gasteiger charge is 2.61. The number of hydrogen-bond acceptors (Lipinski definition) is 8. The van der Waals surface area contributed by atoms with Crippen LogP contribution >= 0.6 is 0 Å². The number of ether oxygens (including phenoxy) is 1. The number of nitrogens with zero attached hydrogens (tertiary/aromatic N) is 5. The van der Waals surface area contributed by atoms with Crippen LogP contribution in [0.2, 0.25) is 0 Å². The Kier molecular flexibility index (Phi) is 2.95. The van der Waals surface area contributed by atoms with E-state index in [4.69, 9.17) is 16.2 Å². The maximum atomic E-state index is 15.1. The van der Waals surface area contributed by atoms with Crippen LogP contribution in [0.15, 0.2) is 6.20 Å². The first-order valence-corrected chi connectivity index (χ1v) is 6.50. The third-order valence-electron chi connectivity index (χ3n) is 3.81. The van der Waals surface area contributed by atoms with Crippen LogP contribution < -0.4 is 11.5 Å². The molecular formula is C12H14FN7O2. The van der Waals surface area contributed by atoms with Gasteiger partial charge in [-0.05, 0) is 6.92 Å². The van der Waals surface area contributed by atoms with Crippen molar-refractivity contribution >= 4 is 17.4 Å². The third kappa shape index (κ3) is 1.73. The number of fused-ring (bicyclic) bond motifs is 1. The standard InChI is InChI=1S/C12H14FN7O2/c1-11(13)2-6(4-21)22-12(11,5-14)7-3-17-9-8(15)18-10(16)19-20(7)9/h3,6,21H,2,4H2,1H3,(H4,15,16,18,19)/t6-,11+,12-/m0/s1. The van der Waals surface area contributed by atoms with E-state index in [-0.39, 0.29) is 29.5 Å². The zero-order valence-electron chi connectivity index (χ0n) is 11.7. The predicted molar refractivity (Wildman–Crippen MR) is 73.0 cm³/mol. The summed E-state index contributed by atoms with van der Waals surface area (Å²) in [5.41, 5.74) is 7.41. The van der Waals surface area contributed by atoms with Gasteiger partial charge in [0.15, 0.2) is 17.1 Å². The lowest BCUT2D eigenvalue weighted by Gasteiger charge is -2.29. The monoisotopic (exact) mass is 307 g/mol. The molecule has 0 spiro atoms. The van der Waals surface area contributed by atoms with Gasteiger partial charge in [-0.25, -0.2) is 13.9 Å². The summed E-state index contributed by atoms with van der Waals surface area (Å²) in [6, 6.07) is 1.85. The van der Waals surface area contributed by atoms with Gasteiger partial charge < -0.3 is 21.3 Å². The average Bonchev–Trinajstić information content (AvgIpc) is 2.97. The largest absolute Gasteiger partial charge is 0.394 e. The van der Waals surface area contributed by atoms with E-state index in [1.54, 1.807) is 0 Å². The second kappa shape index (κ2) is 4.49. The predicted octanol–water partition coefficient (Wildman–Crippen LogP) is -0.483. The summed E-state index contributed by atoms with van der Waals surface area (Å²) in [4.78, 5) is 7.77. The number of aromatic nitrogens is 4. The fourth-order valence-corrected chi connectivity index (χ4v) is 2.78. The first-order valence-electron chi connectivity index (χ1n) is 6.50. The summed E-state index contributed by atoms with van der Waals surface area (Å²) in [7, 11) is 0. The smallest absolute Gasteiger partial charge is 0.240 e. The SMILES string of the molecule is C[C@@]1(F)C[C@@H](CO)O[C@@]1(C#N)c1cnc2c(N)nc(N)nn12. The molecule has 3 heterocycles. The third-order valence-corrected chi connectivity index (χ3v) is 3.81. The maximum Gasteiger partial charge on any atom is 0.240 e. The molecule has 5 N–H and O–H groups in total. The highest BCUT2D eigenvalue weighted by atomic mass is 19.1. The molecule has 22 heavy (non-hydrogen) atoms. The zero-order chi connectivity index (χ0) is 16.1. The molecule has 0 bridgehead atoms. The minimum absolute atomic E-state index is 0.00380. The number of halogens is 1. The molecule has 9 nitrogen and oxygen atoms in total. The molecule has 0 radical (unpaired) electrons. The lowest BCUT2D eigenvalue weighted by atomic mass is 9.84. The van der Waals surface area contributed by atoms with E-state index in [0.717, 1.165) is 4.52 Å². The molecule has 10 heteroatoms. The van der Waals surface area contributed by atoms with Crippen LogP contribution in [-0.4, -0.2) is 43.1 Å². The minimum atomic E-state index is -2.06. The normalized spacial score (nSPS) is 31.5. The summed E-state index contributed by atoms with van der Waals surface area (Å²) in [5, 5.41) is 22.8. The van der Waals surface area contributed by atoms with Gasteiger partial charge >= 0.3 is 0 Å². The number of nitrogen functional groups attached to an aromatic ring is 2. The molecule has 116 valence electrons.